The molecule has 0 bridgehead atoms. The number of rotatable bonds is 0. The zero-order valence-corrected chi connectivity index (χ0v) is 15.2. The second-order valence-corrected chi connectivity index (χ2v) is 7.40. The minimum Gasteiger partial charge on any atom is -0.377 e. The van der Waals surface area contributed by atoms with Crippen LogP contribution in [0.25, 0.3) is 11.0 Å². The van der Waals surface area contributed by atoms with E-state index in [9.17, 15) is 4.79 Å². The van der Waals surface area contributed by atoms with Crippen LogP contribution in [0.1, 0.15) is 12.6 Å². The molecule has 128 valence electrons. The van der Waals surface area contributed by atoms with E-state index in [0.29, 0.717) is 28.4 Å². The van der Waals surface area contributed by atoms with E-state index >= 15 is 0 Å². The number of aromatic nitrogens is 2. The molecule has 2 aromatic rings. The highest BCUT2D eigenvalue weighted by molar-refractivity contribution is 6.32. The van der Waals surface area contributed by atoms with E-state index in [0.717, 1.165) is 36.4 Å². The monoisotopic (exact) mass is 347 g/mol. The van der Waals surface area contributed by atoms with E-state index in [2.05, 4.69) is 34.1 Å². The number of halogens is 1. The van der Waals surface area contributed by atoms with Crippen molar-refractivity contribution in [2.45, 2.75) is 25.9 Å². The number of nitrogens with one attached hydrogen (secondary N) is 1. The Morgan fingerprint density at radius 1 is 1.33 bits per heavy atom. The highest BCUT2D eigenvalue weighted by Gasteiger charge is 2.36. The van der Waals surface area contributed by atoms with Crippen LogP contribution < -0.4 is 15.8 Å². The topological polar surface area (TPSA) is 53.4 Å². The van der Waals surface area contributed by atoms with Crippen LogP contribution in [0, 0.1) is 6.92 Å². The number of piperazine rings is 1. The molecule has 24 heavy (non-hydrogen) atoms. The van der Waals surface area contributed by atoms with Crippen molar-refractivity contribution in [3.05, 3.63) is 27.1 Å². The van der Waals surface area contributed by atoms with Gasteiger partial charge in [-0.1, -0.05) is 11.6 Å². The number of hydrogen-bond acceptors (Lipinski definition) is 5. The molecular weight excluding hydrogens is 326 g/mol. The van der Waals surface area contributed by atoms with Gasteiger partial charge in [0.1, 0.15) is 11.3 Å². The zero-order chi connectivity index (χ0) is 17.2. The summed E-state index contributed by atoms with van der Waals surface area (Å²) >= 11 is 6.35. The number of likely N-dealkylation sites (N-methyl/N-ethyl adjacent to an activating group) is 1. The minimum atomic E-state index is -0.0308. The molecule has 4 rings (SSSR count). The van der Waals surface area contributed by atoms with Crippen LogP contribution in [-0.2, 0) is 7.05 Å². The summed E-state index contributed by atoms with van der Waals surface area (Å²) in [6, 6.07) is 2.72. The summed E-state index contributed by atoms with van der Waals surface area (Å²) in [7, 11) is 3.92. The van der Waals surface area contributed by atoms with Crippen molar-refractivity contribution >= 4 is 34.0 Å². The fourth-order valence-corrected chi connectivity index (χ4v) is 3.96. The lowest BCUT2D eigenvalue weighted by Crippen LogP contribution is -2.60. The van der Waals surface area contributed by atoms with Gasteiger partial charge in [0.25, 0.3) is 5.56 Å². The van der Waals surface area contributed by atoms with Crippen molar-refractivity contribution in [3.8, 4) is 0 Å². The highest BCUT2D eigenvalue weighted by Crippen LogP contribution is 2.38. The molecule has 1 N–H and O–H groups in total. The second-order valence-electron chi connectivity index (χ2n) is 6.99. The summed E-state index contributed by atoms with van der Waals surface area (Å²) in [5.41, 5.74) is 3.02. The number of anilines is 2. The van der Waals surface area contributed by atoms with Gasteiger partial charge < -0.3 is 10.2 Å². The van der Waals surface area contributed by atoms with Gasteiger partial charge in [0, 0.05) is 38.1 Å². The van der Waals surface area contributed by atoms with Gasteiger partial charge in [0.15, 0.2) is 0 Å². The van der Waals surface area contributed by atoms with Crippen LogP contribution in [-0.4, -0.2) is 53.2 Å². The van der Waals surface area contributed by atoms with Crippen LogP contribution >= 0.6 is 11.6 Å². The van der Waals surface area contributed by atoms with E-state index in [1.165, 1.54) is 0 Å². The lowest BCUT2D eigenvalue weighted by atomic mass is 10.0. The van der Waals surface area contributed by atoms with Crippen LogP contribution in [0.3, 0.4) is 0 Å². The molecule has 2 unspecified atom stereocenters. The van der Waals surface area contributed by atoms with Gasteiger partial charge in [-0.15, -0.1) is 0 Å². The molecule has 0 radical (unpaired) electrons. The Morgan fingerprint density at radius 2 is 2.08 bits per heavy atom. The second kappa shape index (κ2) is 5.36. The van der Waals surface area contributed by atoms with E-state index in [1.54, 1.807) is 11.6 Å². The molecule has 4 heterocycles. The Kier molecular flexibility index (Phi) is 3.51. The number of fused-ring (bicyclic) bond motifs is 5. The van der Waals surface area contributed by atoms with Crippen molar-refractivity contribution in [1.82, 2.24) is 14.5 Å². The summed E-state index contributed by atoms with van der Waals surface area (Å²) in [5, 5.41) is 4.93. The Morgan fingerprint density at radius 3 is 2.83 bits per heavy atom. The van der Waals surface area contributed by atoms with Crippen molar-refractivity contribution < 1.29 is 0 Å². The smallest absolute Gasteiger partial charge is 0.277 e. The first kappa shape index (κ1) is 15.7. The van der Waals surface area contributed by atoms with Crippen molar-refractivity contribution in [2.24, 2.45) is 7.05 Å². The van der Waals surface area contributed by atoms with Gasteiger partial charge in [0.05, 0.1) is 22.4 Å². The van der Waals surface area contributed by atoms with Gasteiger partial charge in [-0.05, 0) is 27.0 Å². The van der Waals surface area contributed by atoms with E-state index in [1.807, 2.05) is 13.0 Å². The summed E-state index contributed by atoms with van der Waals surface area (Å²) in [6.45, 7) is 6.72. The van der Waals surface area contributed by atoms with E-state index in [4.69, 9.17) is 11.6 Å². The van der Waals surface area contributed by atoms with E-state index in [-0.39, 0.29) is 5.56 Å². The first-order valence-electron chi connectivity index (χ1n) is 8.29. The molecular formula is C17H22ClN5O. The number of aryl methyl sites for hydroxylation is 2. The summed E-state index contributed by atoms with van der Waals surface area (Å²) in [5.74, 6) is 0. The Hall–Kier alpha value is -1.79. The highest BCUT2D eigenvalue weighted by atomic mass is 35.5. The Balaban J connectivity index is 2.02. The van der Waals surface area contributed by atoms with E-state index < -0.39 is 0 Å². The molecule has 1 saturated heterocycles. The molecule has 0 aromatic carbocycles. The molecule has 1 fully saturated rings. The molecule has 2 atom stereocenters. The third-order valence-electron chi connectivity index (χ3n) is 5.41. The maximum absolute atomic E-state index is 12.8. The van der Waals surface area contributed by atoms with Crippen molar-refractivity contribution in [3.63, 3.8) is 0 Å². The van der Waals surface area contributed by atoms with Gasteiger partial charge in [-0.3, -0.25) is 14.3 Å². The lowest BCUT2D eigenvalue weighted by molar-refractivity contribution is 0.202. The summed E-state index contributed by atoms with van der Waals surface area (Å²) < 4.78 is 1.62. The maximum atomic E-state index is 12.8. The average Bonchev–Trinajstić information content (AvgIpc) is 2.55. The largest absolute Gasteiger partial charge is 0.377 e. The molecule has 0 aliphatic carbocycles. The fourth-order valence-electron chi connectivity index (χ4n) is 3.81. The number of hydrogen-bond donors (Lipinski definition) is 1. The molecule has 2 aliphatic rings. The van der Waals surface area contributed by atoms with Crippen LogP contribution in [0.4, 0.5) is 11.4 Å². The van der Waals surface area contributed by atoms with Crippen molar-refractivity contribution in [2.75, 3.05) is 36.9 Å². The van der Waals surface area contributed by atoms with Crippen LogP contribution in [0.2, 0.25) is 5.02 Å². The average molecular weight is 348 g/mol. The summed E-state index contributed by atoms with van der Waals surface area (Å²) in [6.07, 6.45) is 0. The number of nitrogens with zero attached hydrogens (tertiary/aromatic N) is 4. The molecule has 2 aromatic heterocycles. The van der Waals surface area contributed by atoms with Gasteiger partial charge in [-0.2, -0.15) is 0 Å². The Labute approximate surface area is 146 Å². The standard InChI is InChI=1S/C17H22ClN5O/c1-9-7-23-11(8-21(9)3)6-19-14-15(23)12-5-13(18)10(2)20-16(12)22(4)17(14)24/h5,9,11,19H,6-8H2,1-4H3. The normalized spacial score (nSPS) is 23.8. The predicted molar refractivity (Wildman–Crippen MR) is 98.4 cm³/mol. The Bertz CT molecular complexity index is 893. The molecule has 0 saturated carbocycles. The maximum Gasteiger partial charge on any atom is 0.277 e. The van der Waals surface area contributed by atoms with Crippen molar-refractivity contribution in [1.29, 1.82) is 0 Å². The quantitative estimate of drug-likeness (QED) is 0.788. The first-order chi connectivity index (χ1) is 11.4. The lowest BCUT2D eigenvalue weighted by Gasteiger charge is -2.48. The fraction of sp³-hybridized carbons (Fsp3) is 0.529. The van der Waals surface area contributed by atoms with Gasteiger partial charge in [0.2, 0.25) is 0 Å². The SMILES string of the molecule is Cc1nc2c(cc1Cl)c1c(c(=O)n2C)NCC2CN(C)C(C)CN12. The van der Waals surface area contributed by atoms with Gasteiger partial charge >= 0.3 is 0 Å². The zero-order valence-electron chi connectivity index (χ0n) is 14.4. The molecule has 6 nitrogen and oxygen atoms in total. The van der Waals surface area contributed by atoms with Gasteiger partial charge in [-0.25, -0.2) is 4.98 Å². The molecule has 0 amide bonds. The minimum absolute atomic E-state index is 0.0308. The number of pyridine rings is 2. The molecule has 0 spiro atoms. The summed E-state index contributed by atoms with van der Waals surface area (Å²) in [4.78, 5) is 22.2. The molecule has 2 aliphatic heterocycles. The third kappa shape index (κ3) is 2.13. The first-order valence-corrected chi connectivity index (χ1v) is 8.67. The van der Waals surface area contributed by atoms with Crippen LogP contribution in [0.5, 0.6) is 0 Å². The van der Waals surface area contributed by atoms with Crippen LogP contribution in [0.15, 0.2) is 10.9 Å². The molecule has 7 heteroatoms. The predicted octanol–water partition coefficient (Wildman–Crippen LogP) is 1.83. The third-order valence-corrected chi connectivity index (χ3v) is 5.80.